The van der Waals surface area contributed by atoms with Crippen molar-refractivity contribution in [2.75, 3.05) is 0 Å². The summed E-state index contributed by atoms with van der Waals surface area (Å²) in [5, 5.41) is 12.8. The van der Waals surface area contributed by atoms with Gasteiger partial charge in [-0.05, 0) is 32.1 Å². The molecule has 7 heteroatoms. The van der Waals surface area contributed by atoms with Crippen molar-refractivity contribution in [2.45, 2.75) is 64.6 Å². The van der Waals surface area contributed by atoms with Gasteiger partial charge in [-0.15, -0.1) is 0 Å². The number of esters is 1. The SMILES string of the molecule is CC(=O)O[C@]1(C)C[C@@H](C)C(=O)[C@@H]([C@H](O)CC2CC(=O)NC(=O)C2)C1. The summed E-state index contributed by atoms with van der Waals surface area (Å²) in [6, 6.07) is 0. The van der Waals surface area contributed by atoms with E-state index in [1.807, 2.05) is 0 Å². The number of nitrogens with one attached hydrogen (secondary N) is 1. The van der Waals surface area contributed by atoms with Crippen LogP contribution in [0.1, 0.15) is 52.9 Å². The first kappa shape index (κ1) is 18.6. The molecule has 24 heavy (non-hydrogen) atoms. The molecule has 0 aromatic carbocycles. The first-order valence-corrected chi connectivity index (χ1v) is 8.33. The minimum atomic E-state index is -0.959. The Hall–Kier alpha value is -1.76. The van der Waals surface area contributed by atoms with E-state index in [2.05, 4.69) is 5.32 Å². The van der Waals surface area contributed by atoms with E-state index in [1.165, 1.54) is 6.92 Å². The van der Waals surface area contributed by atoms with Gasteiger partial charge in [-0.25, -0.2) is 0 Å². The van der Waals surface area contributed by atoms with E-state index in [0.717, 1.165) is 0 Å². The summed E-state index contributed by atoms with van der Waals surface area (Å²) in [5.74, 6) is -2.42. The number of ether oxygens (including phenoxy) is 1. The van der Waals surface area contributed by atoms with Gasteiger partial charge in [0.05, 0.1) is 6.10 Å². The smallest absolute Gasteiger partial charge is 0.303 e. The van der Waals surface area contributed by atoms with Crippen molar-refractivity contribution in [2.24, 2.45) is 17.8 Å². The summed E-state index contributed by atoms with van der Waals surface area (Å²) in [6.45, 7) is 4.86. The number of Topliss-reactive ketones (excluding diaryl/α,β-unsaturated/α-hetero) is 1. The van der Waals surface area contributed by atoms with E-state index in [4.69, 9.17) is 4.74 Å². The first-order valence-electron chi connectivity index (χ1n) is 8.33. The van der Waals surface area contributed by atoms with E-state index in [1.54, 1.807) is 13.8 Å². The minimum absolute atomic E-state index is 0.0567. The maximum atomic E-state index is 12.5. The maximum Gasteiger partial charge on any atom is 0.303 e. The average Bonchev–Trinajstić information content (AvgIpc) is 2.40. The number of carbonyl (C=O) groups is 4. The fourth-order valence-corrected chi connectivity index (χ4v) is 4.05. The summed E-state index contributed by atoms with van der Waals surface area (Å²) in [7, 11) is 0. The Kier molecular flexibility index (Phi) is 5.42. The van der Waals surface area contributed by atoms with Crippen LogP contribution >= 0.6 is 0 Å². The summed E-state index contributed by atoms with van der Waals surface area (Å²) >= 11 is 0. The quantitative estimate of drug-likeness (QED) is 0.577. The van der Waals surface area contributed by atoms with Crippen molar-refractivity contribution in [3.63, 3.8) is 0 Å². The number of carbonyl (C=O) groups excluding carboxylic acids is 4. The van der Waals surface area contributed by atoms with Crippen LogP contribution in [0.2, 0.25) is 0 Å². The standard InChI is InChI=1S/C17H25NO6/c1-9-7-17(3,24-10(2)19)8-12(16(9)23)13(20)4-11-5-14(21)18-15(22)6-11/h9,11-13,20H,4-8H2,1-3H3,(H,18,21,22)/t9-,12-,13-,17-/m1/s1. The van der Waals surface area contributed by atoms with Crippen LogP contribution in [-0.2, 0) is 23.9 Å². The molecule has 1 heterocycles. The van der Waals surface area contributed by atoms with Gasteiger partial charge in [0.15, 0.2) is 0 Å². The zero-order valence-corrected chi connectivity index (χ0v) is 14.3. The minimum Gasteiger partial charge on any atom is -0.460 e. The summed E-state index contributed by atoms with van der Waals surface area (Å²) in [4.78, 5) is 46.7. The highest BCUT2D eigenvalue weighted by atomic mass is 16.6. The second-order valence-corrected chi connectivity index (χ2v) is 7.41. The van der Waals surface area contributed by atoms with E-state index < -0.39 is 23.6 Å². The van der Waals surface area contributed by atoms with Gasteiger partial charge in [0.25, 0.3) is 0 Å². The Labute approximate surface area is 141 Å². The molecule has 2 aliphatic rings. The fourth-order valence-electron chi connectivity index (χ4n) is 4.05. The van der Waals surface area contributed by atoms with Gasteiger partial charge >= 0.3 is 5.97 Å². The monoisotopic (exact) mass is 339 g/mol. The van der Waals surface area contributed by atoms with Crippen molar-refractivity contribution in [1.82, 2.24) is 5.32 Å². The van der Waals surface area contributed by atoms with Gasteiger partial charge < -0.3 is 9.84 Å². The average molecular weight is 339 g/mol. The van der Waals surface area contributed by atoms with Crippen LogP contribution in [-0.4, -0.2) is 40.4 Å². The number of hydrogen-bond donors (Lipinski definition) is 2. The Morgan fingerprint density at radius 2 is 1.88 bits per heavy atom. The highest BCUT2D eigenvalue weighted by Gasteiger charge is 2.46. The molecular weight excluding hydrogens is 314 g/mol. The van der Waals surface area contributed by atoms with Crippen LogP contribution in [0, 0.1) is 17.8 Å². The van der Waals surface area contributed by atoms with Crippen molar-refractivity contribution in [3.8, 4) is 0 Å². The highest BCUT2D eigenvalue weighted by molar-refractivity contribution is 5.97. The molecule has 4 atom stereocenters. The van der Waals surface area contributed by atoms with Crippen molar-refractivity contribution >= 4 is 23.6 Å². The van der Waals surface area contributed by atoms with Crippen molar-refractivity contribution < 1.29 is 29.0 Å². The second-order valence-electron chi connectivity index (χ2n) is 7.41. The van der Waals surface area contributed by atoms with Gasteiger partial charge in [-0.3, -0.25) is 24.5 Å². The first-order chi connectivity index (χ1) is 11.1. The third kappa shape index (κ3) is 4.41. The molecule has 2 amide bonds. The predicted octanol–water partition coefficient (Wildman–Crippen LogP) is 0.727. The van der Waals surface area contributed by atoms with Crippen molar-refractivity contribution in [3.05, 3.63) is 0 Å². The van der Waals surface area contributed by atoms with Gasteiger partial charge in [0, 0.05) is 31.6 Å². The largest absolute Gasteiger partial charge is 0.460 e. The van der Waals surface area contributed by atoms with E-state index in [9.17, 15) is 24.3 Å². The van der Waals surface area contributed by atoms with E-state index >= 15 is 0 Å². The Balaban J connectivity index is 2.07. The molecule has 0 bridgehead atoms. The summed E-state index contributed by atoms with van der Waals surface area (Å²) in [6.07, 6.45) is 0.265. The number of piperidine rings is 1. The lowest BCUT2D eigenvalue weighted by Gasteiger charge is -2.41. The number of aliphatic hydroxyl groups excluding tert-OH is 1. The van der Waals surface area contributed by atoms with Crippen LogP contribution in [0.25, 0.3) is 0 Å². The molecule has 0 radical (unpaired) electrons. The lowest BCUT2D eigenvalue weighted by molar-refractivity contribution is -0.169. The fraction of sp³-hybridized carbons (Fsp3) is 0.765. The van der Waals surface area contributed by atoms with Crippen molar-refractivity contribution in [1.29, 1.82) is 0 Å². The van der Waals surface area contributed by atoms with Crippen LogP contribution in [0.5, 0.6) is 0 Å². The molecule has 2 fully saturated rings. The van der Waals surface area contributed by atoms with Crippen LogP contribution in [0.15, 0.2) is 0 Å². The predicted molar refractivity (Wildman–Crippen MR) is 83.6 cm³/mol. The number of rotatable bonds is 4. The molecule has 0 spiro atoms. The normalized spacial score (nSPS) is 33.1. The molecule has 0 unspecified atom stereocenters. The molecule has 1 saturated heterocycles. The highest BCUT2D eigenvalue weighted by Crippen LogP contribution is 2.39. The maximum absolute atomic E-state index is 12.5. The molecule has 7 nitrogen and oxygen atoms in total. The van der Waals surface area contributed by atoms with E-state index in [0.29, 0.717) is 6.42 Å². The molecule has 134 valence electrons. The zero-order chi connectivity index (χ0) is 18.1. The lowest BCUT2D eigenvalue weighted by Crippen LogP contribution is -2.49. The molecule has 2 N–H and O–H groups in total. The van der Waals surface area contributed by atoms with Gasteiger partial charge in [-0.2, -0.15) is 0 Å². The number of amides is 2. The Bertz CT molecular complexity index is 543. The third-order valence-electron chi connectivity index (χ3n) is 4.90. The third-order valence-corrected chi connectivity index (χ3v) is 4.90. The summed E-state index contributed by atoms with van der Waals surface area (Å²) in [5.41, 5.74) is -0.787. The van der Waals surface area contributed by atoms with Gasteiger partial charge in [0.1, 0.15) is 11.4 Å². The van der Waals surface area contributed by atoms with Crippen LogP contribution in [0.4, 0.5) is 0 Å². The number of hydrogen-bond acceptors (Lipinski definition) is 6. The van der Waals surface area contributed by atoms with Crippen LogP contribution in [0.3, 0.4) is 0 Å². The van der Waals surface area contributed by atoms with Gasteiger partial charge in [-0.1, -0.05) is 6.92 Å². The molecule has 2 rings (SSSR count). The topological polar surface area (TPSA) is 110 Å². The molecule has 1 saturated carbocycles. The van der Waals surface area contributed by atoms with Crippen LogP contribution < -0.4 is 5.32 Å². The molecule has 1 aliphatic carbocycles. The molecule has 0 aromatic rings. The molecule has 1 aliphatic heterocycles. The zero-order valence-electron chi connectivity index (χ0n) is 14.3. The number of ketones is 1. The second kappa shape index (κ2) is 7.01. The van der Waals surface area contributed by atoms with E-state index in [-0.39, 0.29) is 55.1 Å². The van der Waals surface area contributed by atoms with Gasteiger partial charge in [0.2, 0.25) is 11.8 Å². The molecule has 0 aromatic heterocycles. The number of imide groups is 1. The summed E-state index contributed by atoms with van der Waals surface area (Å²) < 4.78 is 5.38. The Morgan fingerprint density at radius 1 is 1.29 bits per heavy atom. The number of aliphatic hydroxyl groups is 1. The lowest BCUT2D eigenvalue weighted by atomic mass is 9.69. The Morgan fingerprint density at radius 3 is 2.42 bits per heavy atom. The molecular formula is C17H25NO6.